The van der Waals surface area contributed by atoms with Crippen LogP contribution in [0.25, 0.3) is 11.8 Å². The fourth-order valence-electron chi connectivity index (χ4n) is 4.73. The lowest BCUT2D eigenvalue weighted by Crippen LogP contribution is -2.54. The molecule has 192 valence electrons. The summed E-state index contributed by atoms with van der Waals surface area (Å²) in [7, 11) is 1.60. The largest absolute Gasteiger partial charge is 0.495 e. The fourth-order valence-corrected chi connectivity index (χ4v) is 4.73. The highest BCUT2D eigenvalue weighted by Gasteiger charge is 2.57. The maximum absolute atomic E-state index is 14.2. The van der Waals surface area contributed by atoms with Crippen LogP contribution in [-0.2, 0) is 20.1 Å². The molecule has 0 amide bonds. The summed E-state index contributed by atoms with van der Waals surface area (Å²) in [6.07, 6.45) is 6.90. The monoisotopic (exact) mass is 508 g/mol. The van der Waals surface area contributed by atoms with E-state index in [1.54, 1.807) is 25.3 Å². The third-order valence-electron chi connectivity index (χ3n) is 6.36. The molecule has 0 bridgehead atoms. The van der Waals surface area contributed by atoms with Crippen LogP contribution in [0.2, 0.25) is 0 Å². The number of amidine groups is 1. The van der Waals surface area contributed by atoms with E-state index in [0.717, 1.165) is 40.7 Å². The number of aryl methyl sites for hydroxylation is 1. The van der Waals surface area contributed by atoms with Gasteiger partial charge in [-0.05, 0) is 68.2 Å². The average Bonchev–Trinajstić information content (AvgIpc) is 3.48. The lowest BCUT2D eigenvalue weighted by atomic mass is 9.94. The number of carbonyl (C=O) groups excluding carboxylic acids is 1. The summed E-state index contributed by atoms with van der Waals surface area (Å²) in [5, 5.41) is 4.22. The second-order valence-electron chi connectivity index (χ2n) is 8.81. The first kappa shape index (κ1) is 24.5. The van der Waals surface area contributed by atoms with Crippen molar-refractivity contribution in [1.29, 1.82) is 0 Å². The number of rotatable bonds is 6. The highest BCUT2D eigenvalue weighted by atomic mass is 19.1. The number of hydrogen-bond acceptors (Lipinski definition) is 7. The minimum absolute atomic E-state index is 0.0231. The number of ether oxygens (including phenoxy) is 2. The van der Waals surface area contributed by atoms with E-state index in [9.17, 15) is 13.6 Å². The van der Waals surface area contributed by atoms with Crippen molar-refractivity contribution in [3.05, 3.63) is 83.0 Å². The van der Waals surface area contributed by atoms with Crippen LogP contribution in [0, 0.1) is 18.6 Å². The zero-order valence-electron chi connectivity index (χ0n) is 20.7. The van der Waals surface area contributed by atoms with E-state index >= 15 is 0 Å². The maximum Gasteiger partial charge on any atom is 0.380 e. The molecule has 2 aliphatic rings. The summed E-state index contributed by atoms with van der Waals surface area (Å²) in [6.45, 7) is 4.01. The van der Waals surface area contributed by atoms with Crippen LogP contribution in [-0.4, -0.2) is 46.5 Å². The molecule has 10 heteroatoms. The summed E-state index contributed by atoms with van der Waals surface area (Å²) in [6, 6.07) is 8.64. The predicted molar refractivity (Wildman–Crippen MR) is 132 cm³/mol. The molecule has 0 aliphatic carbocycles. The first-order valence-corrected chi connectivity index (χ1v) is 11.9. The molecule has 1 unspecified atom stereocenters. The third kappa shape index (κ3) is 4.32. The van der Waals surface area contributed by atoms with Crippen LogP contribution in [0.15, 0.2) is 59.7 Å². The fraction of sp³-hybridized carbons (Fsp3) is 0.296. The Balaban J connectivity index is 1.53. The van der Waals surface area contributed by atoms with E-state index in [2.05, 4.69) is 10.1 Å². The molecule has 37 heavy (non-hydrogen) atoms. The lowest BCUT2D eigenvalue weighted by molar-refractivity contribution is -0.189. The normalized spacial score (nSPS) is 19.9. The average molecular weight is 509 g/mol. The quantitative estimate of drug-likeness (QED) is 0.449. The van der Waals surface area contributed by atoms with Gasteiger partial charge in [0.25, 0.3) is 0 Å². The number of benzene rings is 2. The van der Waals surface area contributed by atoms with Crippen LogP contribution < -0.4 is 4.74 Å². The summed E-state index contributed by atoms with van der Waals surface area (Å²) in [5.41, 5.74) is 1.44. The van der Waals surface area contributed by atoms with Gasteiger partial charge < -0.3 is 23.8 Å². The summed E-state index contributed by atoms with van der Waals surface area (Å²) >= 11 is 0. The Bertz CT molecular complexity index is 1400. The molecule has 1 aromatic heterocycles. The zero-order chi connectivity index (χ0) is 26.2. The van der Waals surface area contributed by atoms with Gasteiger partial charge in [0.05, 0.1) is 31.4 Å². The minimum atomic E-state index is -1.92. The molecule has 1 atom stereocenters. The Kier molecular flexibility index (Phi) is 6.41. The molecule has 1 fully saturated rings. The molecule has 8 nitrogen and oxygen atoms in total. The third-order valence-corrected chi connectivity index (χ3v) is 6.36. The van der Waals surface area contributed by atoms with Crippen LogP contribution in [0.3, 0.4) is 0 Å². The van der Waals surface area contributed by atoms with Crippen LogP contribution in [0.1, 0.15) is 36.6 Å². The second kappa shape index (κ2) is 9.68. The van der Waals surface area contributed by atoms with Crippen molar-refractivity contribution in [2.75, 3.05) is 20.3 Å². The zero-order valence-corrected chi connectivity index (χ0v) is 20.7. The molecule has 3 aromatic rings. The molecule has 2 aromatic carbocycles. The first-order valence-electron chi connectivity index (χ1n) is 11.9. The van der Waals surface area contributed by atoms with Gasteiger partial charge in [-0.3, -0.25) is 0 Å². The number of nitrogens with zero attached hydrogens (tertiary/aromatic N) is 4. The number of methoxy groups -OCH3 is 1. The predicted octanol–water partition coefficient (Wildman–Crippen LogP) is 4.71. The highest BCUT2D eigenvalue weighted by Crippen LogP contribution is 2.42. The Morgan fingerprint density at radius 2 is 2.00 bits per heavy atom. The SMILES string of the molecule is CCOC(=O)C1(c2cc(F)cc(F)c2)ON=C2C(=Cc3ccc(-n4cnc(C)c4)c(OC)c3)CCCN21. The number of hydrogen-bond donors (Lipinski definition) is 0. The molecular formula is C27H26F2N4O4. The first-order chi connectivity index (χ1) is 17.8. The van der Waals surface area contributed by atoms with Gasteiger partial charge >= 0.3 is 11.7 Å². The number of esters is 1. The van der Waals surface area contributed by atoms with Gasteiger partial charge in [0.2, 0.25) is 0 Å². The Morgan fingerprint density at radius 3 is 2.68 bits per heavy atom. The number of oxime groups is 1. The van der Waals surface area contributed by atoms with E-state index in [0.29, 0.717) is 31.0 Å². The van der Waals surface area contributed by atoms with Gasteiger partial charge in [0.1, 0.15) is 17.4 Å². The Hall–Kier alpha value is -4.21. The molecule has 0 saturated carbocycles. The van der Waals surface area contributed by atoms with Crippen molar-refractivity contribution in [3.8, 4) is 11.4 Å². The molecule has 2 aliphatic heterocycles. The summed E-state index contributed by atoms with van der Waals surface area (Å²) in [4.78, 5) is 24.8. The highest BCUT2D eigenvalue weighted by molar-refractivity contribution is 6.06. The molecule has 1 saturated heterocycles. The number of imidazole rings is 1. The van der Waals surface area contributed by atoms with Gasteiger partial charge in [-0.1, -0.05) is 11.2 Å². The van der Waals surface area contributed by atoms with Crippen LogP contribution in [0.5, 0.6) is 5.75 Å². The Labute approximate surface area is 212 Å². The molecule has 0 radical (unpaired) electrons. The second-order valence-corrected chi connectivity index (χ2v) is 8.81. The standard InChI is InChI=1S/C27H26F2N4O4/c1-4-36-26(34)27(20-12-21(28)14-22(29)13-20)33-9-5-6-19(25(33)31-37-27)10-18-7-8-23(24(11-18)35-3)32-15-17(2)30-16-32/h7-8,10-16H,4-6,9H2,1-3H3. The van der Waals surface area contributed by atoms with E-state index < -0.39 is 23.3 Å². The maximum atomic E-state index is 14.2. The van der Waals surface area contributed by atoms with Gasteiger partial charge in [-0.25, -0.2) is 18.6 Å². The number of aromatic nitrogens is 2. The van der Waals surface area contributed by atoms with Gasteiger partial charge in [0, 0.05) is 24.4 Å². The molecule has 5 rings (SSSR count). The van der Waals surface area contributed by atoms with E-state index in [1.165, 1.54) is 0 Å². The number of carbonyl (C=O) groups is 1. The number of piperidine rings is 1. The van der Waals surface area contributed by atoms with E-state index in [4.69, 9.17) is 14.3 Å². The molecular weight excluding hydrogens is 482 g/mol. The van der Waals surface area contributed by atoms with Gasteiger partial charge in [-0.15, -0.1) is 0 Å². The van der Waals surface area contributed by atoms with Crippen molar-refractivity contribution < 1.29 is 27.9 Å². The van der Waals surface area contributed by atoms with E-state index in [-0.39, 0.29) is 12.2 Å². The van der Waals surface area contributed by atoms with Crippen molar-refractivity contribution in [3.63, 3.8) is 0 Å². The van der Waals surface area contributed by atoms with Gasteiger partial charge in [0.15, 0.2) is 5.84 Å². The Morgan fingerprint density at radius 1 is 1.22 bits per heavy atom. The van der Waals surface area contributed by atoms with E-state index in [1.807, 2.05) is 42.0 Å². The molecule has 3 heterocycles. The van der Waals surface area contributed by atoms with Crippen molar-refractivity contribution in [2.45, 2.75) is 32.4 Å². The summed E-state index contributed by atoms with van der Waals surface area (Å²) in [5.74, 6) is -1.38. The lowest BCUT2D eigenvalue weighted by Gasteiger charge is -2.37. The molecule has 0 spiro atoms. The van der Waals surface area contributed by atoms with Crippen molar-refractivity contribution in [2.24, 2.45) is 5.16 Å². The minimum Gasteiger partial charge on any atom is -0.495 e. The summed E-state index contributed by atoms with van der Waals surface area (Å²) < 4.78 is 41.2. The van der Waals surface area contributed by atoms with Crippen LogP contribution >= 0.6 is 0 Å². The van der Waals surface area contributed by atoms with Crippen molar-refractivity contribution in [1.82, 2.24) is 14.5 Å². The van der Waals surface area contributed by atoms with Crippen molar-refractivity contribution >= 4 is 17.9 Å². The number of halogens is 2. The topological polar surface area (TPSA) is 78.2 Å². The van der Waals surface area contributed by atoms with Crippen LogP contribution in [0.4, 0.5) is 8.78 Å². The molecule has 0 N–H and O–H groups in total. The number of fused-ring (bicyclic) bond motifs is 1. The smallest absolute Gasteiger partial charge is 0.380 e. The van der Waals surface area contributed by atoms with Gasteiger partial charge in [-0.2, -0.15) is 0 Å².